The average molecular weight is 594 g/mol. The monoisotopic (exact) mass is 593 g/mol. The molecule has 0 spiro atoms. The average Bonchev–Trinajstić information content (AvgIpc) is 2.96. The molecule has 0 aromatic heterocycles. The molecule has 0 bridgehead atoms. The molecule has 3 aromatic rings. The summed E-state index contributed by atoms with van der Waals surface area (Å²) >= 11 is 0. The Morgan fingerprint density at radius 2 is 1.38 bits per heavy atom. The van der Waals surface area contributed by atoms with E-state index in [9.17, 15) is 27.9 Å². The highest BCUT2D eigenvalue weighted by molar-refractivity contribution is 7.88. The molecular formula is C30H35N5O6S. The Morgan fingerprint density at radius 3 is 1.95 bits per heavy atom. The molecule has 0 saturated heterocycles. The summed E-state index contributed by atoms with van der Waals surface area (Å²) in [5.41, 5.74) is 8.13. The van der Waals surface area contributed by atoms with Crippen molar-refractivity contribution in [1.82, 2.24) is 15.4 Å². The van der Waals surface area contributed by atoms with Gasteiger partial charge in [0.2, 0.25) is 21.8 Å². The van der Waals surface area contributed by atoms with Crippen LogP contribution in [0.3, 0.4) is 0 Å². The maximum Gasteiger partial charge on any atom is 0.303 e. The van der Waals surface area contributed by atoms with Crippen LogP contribution in [-0.4, -0.2) is 49.2 Å². The minimum absolute atomic E-state index is 0.0810. The molecule has 2 amide bonds. The van der Waals surface area contributed by atoms with Crippen molar-refractivity contribution in [1.29, 1.82) is 5.41 Å². The van der Waals surface area contributed by atoms with E-state index in [4.69, 9.17) is 11.1 Å². The molecule has 11 nitrogen and oxygen atoms in total. The van der Waals surface area contributed by atoms with Gasteiger partial charge < -0.3 is 21.5 Å². The van der Waals surface area contributed by atoms with E-state index in [-0.39, 0.29) is 37.4 Å². The summed E-state index contributed by atoms with van der Waals surface area (Å²) < 4.78 is 28.5. The van der Waals surface area contributed by atoms with E-state index in [1.54, 1.807) is 54.6 Å². The van der Waals surface area contributed by atoms with E-state index < -0.39 is 39.9 Å². The molecule has 7 N–H and O–H groups in total. The first-order valence-electron chi connectivity index (χ1n) is 13.3. The van der Waals surface area contributed by atoms with Crippen LogP contribution in [-0.2, 0) is 43.1 Å². The van der Waals surface area contributed by atoms with Gasteiger partial charge in [-0.25, -0.2) is 13.1 Å². The maximum absolute atomic E-state index is 13.4. The normalized spacial score (nSPS) is 12.6. The Hall–Kier alpha value is -4.55. The first-order chi connectivity index (χ1) is 20.0. The fraction of sp³-hybridized carbons (Fsp3) is 0.267. The topological polar surface area (TPSA) is 192 Å². The second-order valence-corrected chi connectivity index (χ2v) is 11.5. The molecule has 222 valence electrons. The Bertz CT molecular complexity index is 1470. The van der Waals surface area contributed by atoms with Gasteiger partial charge in [-0.15, -0.1) is 0 Å². The molecule has 3 rings (SSSR count). The first-order valence-corrected chi connectivity index (χ1v) is 15.0. The van der Waals surface area contributed by atoms with E-state index in [1.165, 1.54) is 0 Å². The van der Waals surface area contributed by atoms with Crippen LogP contribution in [0.1, 0.15) is 41.5 Å². The zero-order chi connectivity index (χ0) is 30.5. The minimum Gasteiger partial charge on any atom is -0.481 e. The summed E-state index contributed by atoms with van der Waals surface area (Å²) in [7, 11) is -3.95. The lowest BCUT2D eigenvalue weighted by atomic mass is 10.0. The fourth-order valence-electron chi connectivity index (χ4n) is 4.17. The zero-order valence-corrected chi connectivity index (χ0v) is 23.8. The number of nitrogen functional groups attached to an aromatic ring is 1. The number of carboxylic acids is 1. The number of sulfonamides is 1. The number of aryl methyl sites for hydroxylation is 1. The van der Waals surface area contributed by atoms with Crippen LogP contribution in [0.4, 0.5) is 0 Å². The predicted octanol–water partition coefficient (Wildman–Crippen LogP) is 2.06. The number of nitrogens with two attached hydrogens (primary N) is 1. The maximum atomic E-state index is 13.4. The molecule has 3 aromatic carbocycles. The van der Waals surface area contributed by atoms with Crippen molar-refractivity contribution in [2.75, 3.05) is 0 Å². The molecule has 2 atom stereocenters. The van der Waals surface area contributed by atoms with Crippen molar-refractivity contribution in [3.8, 4) is 0 Å². The number of carbonyl (C=O) groups excluding carboxylic acids is 2. The number of aliphatic carboxylic acids is 1. The molecule has 0 aliphatic rings. The number of benzene rings is 3. The molecule has 0 unspecified atom stereocenters. The van der Waals surface area contributed by atoms with Gasteiger partial charge in [-0.3, -0.25) is 19.8 Å². The van der Waals surface area contributed by atoms with Gasteiger partial charge in [-0.2, -0.15) is 0 Å². The van der Waals surface area contributed by atoms with Crippen molar-refractivity contribution < 1.29 is 27.9 Å². The van der Waals surface area contributed by atoms with Gasteiger partial charge in [-0.1, -0.05) is 84.9 Å². The highest BCUT2D eigenvalue weighted by Crippen LogP contribution is 2.11. The summed E-state index contributed by atoms with van der Waals surface area (Å²) in [5, 5.41) is 21.9. The highest BCUT2D eigenvalue weighted by Gasteiger charge is 2.29. The number of carboxylic acid groups (broad SMARTS) is 1. The van der Waals surface area contributed by atoms with Crippen LogP contribution >= 0.6 is 0 Å². The number of nitrogens with one attached hydrogen (secondary N) is 4. The van der Waals surface area contributed by atoms with E-state index >= 15 is 0 Å². The molecule has 12 heteroatoms. The largest absolute Gasteiger partial charge is 0.481 e. The lowest BCUT2D eigenvalue weighted by molar-refractivity contribution is -0.138. The number of hydrogen-bond acceptors (Lipinski definition) is 6. The summed E-state index contributed by atoms with van der Waals surface area (Å²) in [6.45, 7) is 0.0810. The van der Waals surface area contributed by atoms with E-state index in [0.717, 1.165) is 5.56 Å². The number of carbonyl (C=O) groups is 3. The van der Waals surface area contributed by atoms with Crippen LogP contribution in [0.2, 0.25) is 0 Å². The molecule has 0 saturated carbocycles. The fourth-order valence-corrected chi connectivity index (χ4v) is 5.55. The molecular weight excluding hydrogens is 558 g/mol. The minimum atomic E-state index is -3.95. The predicted molar refractivity (Wildman–Crippen MR) is 159 cm³/mol. The Kier molecular flexibility index (Phi) is 11.8. The molecule has 0 radical (unpaired) electrons. The molecule has 0 heterocycles. The lowest BCUT2D eigenvalue weighted by Gasteiger charge is -2.23. The second kappa shape index (κ2) is 15.5. The zero-order valence-electron chi connectivity index (χ0n) is 23.0. The smallest absolute Gasteiger partial charge is 0.303 e. The molecule has 42 heavy (non-hydrogen) atoms. The van der Waals surface area contributed by atoms with Crippen LogP contribution in [0, 0.1) is 5.41 Å². The van der Waals surface area contributed by atoms with Gasteiger partial charge in [0.25, 0.3) is 0 Å². The van der Waals surface area contributed by atoms with Gasteiger partial charge in [0.15, 0.2) is 0 Å². The highest BCUT2D eigenvalue weighted by atomic mass is 32.2. The van der Waals surface area contributed by atoms with Crippen molar-refractivity contribution in [3.63, 3.8) is 0 Å². The summed E-state index contributed by atoms with van der Waals surface area (Å²) in [5.74, 6) is -2.93. The van der Waals surface area contributed by atoms with E-state index in [1.807, 2.05) is 30.3 Å². The Labute approximate surface area is 245 Å². The quantitative estimate of drug-likeness (QED) is 0.108. The number of amides is 2. The number of rotatable bonds is 16. The summed E-state index contributed by atoms with van der Waals surface area (Å²) in [6.07, 6.45) is -0.0902. The lowest BCUT2D eigenvalue weighted by Crippen LogP contribution is -2.54. The third-order valence-corrected chi connectivity index (χ3v) is 7.77. The van der Waals surface area contributed by atoms with Gasteiger partial charge >= 0.3 is 5.97 Å². The number of hydrogen-bond donors (Lipinski definition) is 6. The van der Waals surface area contributed by atoms with Crippen LogP contribution < -0.4 is 21.1 Å². The molecule has 0 aliphatic heterocycles. The SMILES string of the molecule is N=C(N)c1ccc(CNC(=O)[C@H](CCC(=O)O)NC(=O)[C@@H](CCc2ccccc2)NS(=O)(=O)Cc2ccccc2)cc1. The van der Waals surface area contributed by atoms with Gasteiger partial charge in [0, 0.05) is 18.5 Å². The number of amidine groups is 1. The first kappa shape index (κ1) is 32.0. The van der Waals surface area contributed by atoms with Gasteiger partial charge in [-0.05, 0) is 36.0 Å². The second-order valence-electron chi connectivity index (χ2n) is 9.76. The Balaban J connectivity index is 1.74. The summed E-state index contributed by atoms with van der Waals surface area (Å²) in [4.78, 5) is 37.8. The van der Waals surface area contributed by atoms with Crippen molar-refractivity contribution in [2.24, 2.45) is 5.73 Å². The van der Waals surface area contributed by atoms with Gasteiger partial charge in [0.05, 0.1) is 5.75 Å². The third kappa shape index (κ3) is 10.8. The summed E-state index contributed by atoms with van der Waals surface area (Å²) in [6, 6.07) is 22.0. The third-order valence-electron chi connectivity index (χ3n) is 6.41. The Morgan fingerprint density at radius 1 is 0.786 bits per heavy atom. The van der Waals surface area contributed by atoms with Crippen LogP contribution in [0.25, 0.3) is 0 Å². The van der Waals surface area contributed by atoms with E-state index in [2.05, 4.69) is 15.4 Å². The van der Waals surface area contributed by atoms with E-state index in [0.29, 0.717) is 23.1 Å². The van der Waals surface area contributed by atoms with Crippen molar-refractivity contribution in [3.05, 3.63) is 107 Å². The van der Waals surface area contributed by atoms with Crippen molar-refractivity contribution >= 4 is 33.6 Å². The molecule has 0 fully saturated rings. The standard InChI is InChI=1S/C30H35N5O6S/c31-28(32)24-14-11-22(12-15-24)19-33-29(38)25(17-18-27(36)37)34-30(39)26(16-13-21-7-3-1-4-8-21)35-42(40,41)20-23-9-5-2-6-10-23/h1-12,14-15,25-26,35H,13,16-20H2,(H3,31,32)(H,33,38)(H,34,39)(H,36,37)/t25-,26+/m0/s1. The molecule has 0 aliphatic carbocycles. The van der Waals surface area contributed by atoms with Crippen molar-refractivity contribution in [2.45, 2.75) is 50.1 Å². The van der Waals surface area contributed by atoms with Crippen LogP contribution in [0.5, 0.6) is 0 Å². The van der Waals surface area contributed by atoms with Crippen LogP contribution in [0.15, 0.2) is 84.9 Å². The van der Waals surface area contributed by atoms with Gasteiger partial charge in [0.1, 0.15) is 17.9 Å².